The predicted octanol–water partition coefficient (Wildman–Crippen LogP) is 4.59. The third-order valence-corrected chi connectivity index (χ3v) is 3.97. The average molecular weight is 323 g/mol. The van der Waals surface area contributed by atoms with Crippen molar-refractivity contribution < 1.29 is 4.39 Å². The number of halogens is 3. The molecule has 1 nitrogen and oxygen atoms in total. The van der Waals surface area contributed by atoms with E-state index in [9.17, 15) is 4.39 Å². The van der Waals surface area contributed by atoms with E-state index in [4.69, 9.17) is 5.73 Å². The van der Waals surface area contributed by atoms with Gasteiger partial charge >= 0.3 is 0 Å². The number of rotatable bonds is 2. The first-order valence-corrected chi connectivity index (χ1v) is 6.68. The fraction of sp³-hybridized carbons (Fsp3) is 0.538. The summed E-state index contributed by atoms with van der Waals surface area (Å²) in [6.45, 7) is 0. The first-order chi connectivity index (χ1) is 7.68. The average Bonchev–Trinajstić information content (AvgIpc) is 2.29. The van der Waals surface area contributed by atoms with Crippen molar-refractivity contribution in [1.29, 1.82) is 0 Å². The molecule has 17 heavy (non-hydrogen) atoms. The Bertz CT molecular complexity index is 366. The molecule has 0 saturated heterocycles. The Kier molecular flexibility index (Phi) is 5.90. The molecule has 0 radical (unpaired) electrons. The summed E-state index contributed by atoms with van der Waals surface area (Å²) in [6.07, 6.45) is 6.03. The summed E-state index contributed by atoms with van der Waals surface area (Å²) in [5, 5.41) is 0. The molecule has 2 rings (SSSR count). The molecule has 1 aromatic rings. The normalized spacial score (nSPS) is 18.5. The topological polar surface area (TPSA) is 26.0 Å². The summed E-state index contributed by atoms with van der Waals surface area (Å²) in [6, 6.07) is 5.02. The smallest absolute Gasteiger partial charge is 0.129 e. The van der Waals surface area contributed by atoms with Crippen molar-refractivity contribution in [3.8, 4) is 0 Å². The van der Waals surface area contributed by atoms with E-state index in [1.54, 1.807) is 6.07 Å². The van der Waals surface area contributed by atoms with Gasteiger partial charge < -0.3 is 5.73 Å². The molecule has 0 spiro atoms. The van der Waals surface area contributed by atoms with Crippen LogP contribution in [0.15, 0.2) is 22.7 Å². The largest absolute Gasteiger partial charge is 0.324 e. The summed E-state index contributed by atoms with van der Waals surface area (Å²) in [7, 11) is 0. The molecule has 1 saturated carbocycles. The maximum atomic E-state index is 13.7. The first-order valence-electron chi connectivity index (χ1n) is 5.89. The van der Waals surface area contributed by atoms with Crippen molar-refractivity contribution in [2.24, 2.45) is 11.7 Å². The zero-order chi connectivity index (χ0) is 11.5. The van der Waals surface area contributed by atoms with Crippen molar-refractivity contribution in [3.63, 3.8) is 0 Å². The van der Waals surface area contributed by atoms with Crippen LogP contribution in [0.5, 0.6) is 0 Å². The minimum absolute atomic E-state index is 0. The minimum Gasteiger partial charge on any atom is -0.324 e. The molecule has 2 N–H and O–H groups in total. The Labute approximate surface area is 117 Å². The van der Waals surface area contributed by atoms with Gasteiger partial charge in [0.15, 0.2) is 0 Å². The summed E-state index contributed by atoms with van der Waals surface area (Å²) < 4.78 is 14.5. The molecule has 0 bridgehead atoms. The van der Waals surface area contributed by atoms with Crippen LogP contribution >= 0.6 is 28.3 Å². The molecule has 1 aromatic carbocycles. The van der Waals surface area contributed by atoms with Crippen LogP contribution in [0.1, 0.15) is 43.7 Å². The van der Waals surface area contributed by atoms with Gasteiger partial charge in [-0.25, -0.2) is 4.39 Å². The summed E-state index contributed by atoms with van der Waals surface area (Å²) in [5.41, 5.74) is 6.83. The first kappa shape index (κ1) is 14.9. The zero-order valence-corrected chi connectivity index (χ0v) is 12.1. The molecule has 96 valence electrons. The van der Waals surface area contributed by atoms with Crippen LogP contribution in [0.3, 0.4) is 0 Å². The molecule has 0 amide bonds. The Morgan fingerprint density at radius 2 is 1.88 bits per heavy atom. The van der Waals surface area contributed by atoms with E-state index in [2.05, 4.69) is 15.9 Å². The van der Waals surface area contributed by atoms with Gasteiger partial charge in [-0.3, -0.25) is 0 Å². The fourth-order valence-corrected chi connectivity index (χ4v) is 2.85. The molecule has 0 unspecified atom stereocenters. The Morgan fingerprint density at radius 3 is 2.47 bits per heavy atom. The lowest BCUT2D eigenvalue weighted by atomic mass is 9.81. The summed E-state index contributed by atoms with van der Waals surface area (Å²) >= 11 is 3.26. The van der Waals surface area contributed by atoms with Crippen molar-refractivity contribution in [1.82, 2.24) is 0 Å². The minimum atomic E-state index is -0.188. The van der Waals surface area contributed by atoms with Crippen molar-refractivity contribution in [3.05, 3.63) is 34.1 Å². The van der Waals surface area contributed by atoms with E-state index in [1.165, 1.54) is 25.3 Å². The summed E-state index contributed by atoms with van der Waals surface area (Å²) in [4.78, 5) is 0. The third-order valence-electron chi connectivity index (χ3n) is 3.48. The van der Waals surface area contributed by atoms with E-state index in [0.717, 1.165) is 17.3 Å². The second-order valence-corrected chi connectivity index (χ2v) is 5.51. The highest BCUT2D eigenvalue weighted by molar-refractivity contribution is 9.10. The molecular weight excluding hydrogens is 305 g/mol. The number of benzene rings is 1. The van der Waals surface area contributed by atoms with Crippen LogP contribution in [0, 0.1) is 11.7 Å². The second-order valence-electron chi connectivity index (χ2n) is 4.59. The molecule has 1 fully saturated rings. The highest BCUT2D eigenvalue weighted by Gasteiger charge is 2.23. The van der Waals surface area contributed by atoms with Gasteiger partial charge in [-0.15, -0.1) is 12.4 Å². The molecule has 1 atom stereocenters. The van der Waals surface area contributed by atoms with Gasteiger partial charge in [0.05, 0.1) is 0 Å². The van der Waals surface area contributed by atoms with E-state index in [1.807, 2.05) is 6.07 Å². The maximum Gasteiger partial charge on any atom is 0.129 e. The Hall–Kier alpha value is -0.120. The number of nitrogens with two attached hydrogens (primary N) is 1. The second kappa shape index (κ2) is 6.72. The molecule has 4 heteroatoms. The van der Waals surface area contributed by atoms with Crippen LogP contribution in [-0.2, 0) is 0 Å². The van der Waals surface area contributed by atoms with E-state index in [-0.39, 0.29) is 24.3 Å². The SMILES string of the molecule is Cl.N[C@@H](c1ccc(Br)cc1F)C1CCCCC1. The van der Waals surface area contributed by atoms with Crippen LogP contribution < -0.4 is 5.73 Å². The molecule has 0 heterocycles. The van der Waals surface area contributed by atoms with Gasteiger partial charge in [-0.1, -0.05) is 41.3 Å². The van der Waals surface area contributed by atoms with Gasteiger partial charge in [-0.05, 0) is 30.9 Å². The fourth-order valence-electron chi connectivity index (χ4n) is 2.52. The third kappa shape index (κ3) is 3.67. The zero-order valence-electron chi connectivity index (χ0n) is 9.66. The Balaban J connectivity index is 0.00000144. The van der Waals surface area contributed by atoms with Crippen LogP contribution in [0.25, 0.3) is 0 Å². The van der Waals surface area contributed by atoms with E-state index < -0.39 is 0 Å². The molecule has 0 aliphatic heterocycles. The van der Waals surface area contributed by atoms with Gasteiger partial charge in [0.25, 0.3) is 0 Å². The van der Waals surface area contributed by atoms with Gasteiger partial charge in [-0.2, -0.15) is 0 Å². The lowest BCUT2D eigenvalue weighted by Gasteiger charge is -2.28. The highest BCUT2D eigenvalue weighted by Crippen LogP contribution is 2.34. The van der Waals surface area contributed by atoms with Gasteiger partial charge in [0.2, 0.25) is 0 Å². The molecular formula is C13H18BrClFN. The number of hydrogen-bond donors (Lipinski definition) is 1. The van der Waals surface area contributed by atoms with Crippen LogP contribution in [0.2, 0.25) is 0 Å². The standard InChI is InChI=1S/C13H17BrFN.ClH/c14-10-6-7-11(12(15)8-10)13(16)9-4-2-1-3-5-9;/h6-9,13H,1-5,16H2;1H/t13-;/m1./s1. The quantitative estimate of drug-likeness (QED) is 0.846. The van der Waals surface area contributed by atoms with E-state index >= 15 is 0 Å². The van der Waals surface area contributed by atoms with E-state index in [0.29, 0.717) is 11.5 Å². The lowest BCUT2D eigenvalue weighted by molar-refractivity contribution is 0.303. The maximum absolute atomic E-state index is 13.7. The van der Waals surface area contributed by atoms with Crippen LogP contribution in [-0.4, -0.2) is 0 Å². The van der Waals surface area contributed by atoms with Crippen molar-refractivity contribution >= 4 is 28.3 Å². The van der Waals surface area contributed by atoms with Crippen molar-refractivity contribution in [2.75, 3.05) is 0 Å². The number of hydrogen-bond acceptors (Lipinski definition) is 1. The predicted molar refractivity (Wildman–Crippen MR) is 74.9 cm³/mol. The van der Waals surface area contributed by atoms with Crippen molar-refractivity contribution in [2.45, 2.75) is 38.1 Å². The molecule has 1 aliphatic carbocycles. The monoisotopic (exact) mass is 321 g/mol. The summed E-state index contributed by atoms with van der Waals surface area (Å²) in [5.74, 6) is 0.261. The Morgan fingerprint density at radius 1 is 1.24 bits per heavy atom. The highest BCUT2D eigenvalue weighted by atomic mass is 79.9. The molecule has 1 aliphatic rings. The van der Waals surface area contributed by atoms with Crippen LogP contribution in [0.4, 0.5) is 4.39 Å². The molecule has 0 aromatic heterocycles. The lowest BCUT2D eigenvalue weighted by Crippen LogP contribution is -2.24. The van der Waals surface area contributed by atoms with Gasteiger partial charge in [0, 0.05) is 16.1 Å². The van der Waals surface area contributed by atoms with Gasteiger partial charge in [0.1, 0.15) is 5.82 Å².